The van der Waals surface area contributed by atoms with E-state index in [0.29, 0.717) is 17.2 Å². The Kier molecular flexibility index (Phi) is 7.01. The monoisotopic (exact) mass is 384 g/mol. The highest BCUT2D eigenvalue weighted by Gasteiger charge is 2.14. The number of aromatic nitrogens is 2. The number of carbonyl (C=O) groups excluding carboxylic acids is 1. The Balaban J connectivity index is 2.11. The molecule has 0 unspecified atom stereocenters. The summed E-state index contributed by atoms with van der Waals surface area (Å²) >= 11 is 1.19. The van der Waals surface area contributed by atoms with Gasteiger partial charge >= 0.3 is 5.97 Å². The number of hydrogen-bond donors (Lipinski definition) is 3. The van der Waals surface area contributed by atoms with Crippen molar-refractivity contribution in [2.45, 2.75) is 19.8 Å². The quantitative estimate of drug-likeness (QED) is 0.446. The van der Waals surface area contributed by atoms with Crippen LogP contribution in [0.5, 0.6) is 0 Å². The fourth-order valence-corrected chi connectivity index (χ4v) is 3.02. The van der Waals surface area contributed by atoms with Crippen LogP contribution in [-0.2, 0) is 4.79 Å². The van der Waals surface area contributed by atoms with Crippen molar-refractivity contribution in [1.29, 1.82) is 0 Å². The summed E-state index contributed by atoms with van der Waals surface area (Å²) in [4.78, 5) is 31.9. The average molecular weight is 384 g/mol. The second kappa shape index (κ2) is 9.44. The second-order valence-electron chi connectivity index (χ2n) is 5.65. The molecule has 0 aliphatic rings. The number of carbonyl (C=O) groups is 2. The average Bonchev–Trinajstić information content (AvgIpc) is 3.10. The van der Waals surface area contributed by atoms with E-state index in [4.69, 9.17) is 10.8 Å². The third-order valence-corrected chi connectivity index (χ3v) is 4.42. The van der Waals surface area contributed by atoms with Gasteiger partial charge < -0.3 is 16.2 Å². The van der Waals surface area contributed by atoms with Crippen LogP contribution in [0.1, 0.15) is 29.6 Å². The fourth-order valence-electron chi connectivity index (χ4n) is 2.17. The number of aliphatic carboxylic acids is 1. The van der Waals surface area contributed by atoms with Gasteiger partial charge in [-0.1, -0.05) is 12.6 Å². The van der Waals surface area contributed by atoms with Crippen LogP contribution < -0.4 is 11.1 Å². The number of nitrogens with two attached hydrogens (primary N) is 1. The molecule has 0 fully saturated rings. The number of Topliss-reactive ketones (excluding diaryl/α,β-unsaturated/α-hetero) is 1. The lowest BCUT2D eigenvalue weighted by molar-refractivity contribution is -0.136. The summed E-state index contributed by atoms with van der Waals surface area (Å²) < 4.78 is 0. The third kappa shape index (κ3) is 6.19. The highest BCUT2D eigenvalue weighted by molar-refractivity contribution is 7.16. The SMILES string of the molecule is C=C(/C=C(C)\C=C/N)Nc1cccc(-c2cnc(C(=O)CCC(=O)O)s2)n1. The number of ketones is 1. The van der Waals surface area contributed by atoms with Gasteiger partial charge in [0.05, 0.1) is 17.0 Å². The second-order valence-corrected chi connectivity index (χ2v) is 6.68. The van der Waals surface area contributed by atoms with Crippen molar-refractivity contribution < 1.29 is 14.7 Å². The van der Waals surface area contributed by atoms with E-state index in [-0.39, 0.29) is 23.6 Å². The Labute approximate surface area is 161 Å². The van der Waals surface area contributed by atoms with E-state index >= 15 is 0 Å². The van der Waals surface area contributed by atoms with Gasteiger partial charge in [0, 0.05) is 18.3 Å². The van der Waals surface area contributed by atoms with Crippen LogP contribution in [0.3, 0.4) is 0 Å². The van der Waals surface area contributed by atoms with Gasteiger partial charge in [0.25, 0.3) is 0 Å². The van der Waals surface area contributed by atoms with Gasteiger partial charge in [-0.15, -0.1) is 11.3 Å². The molecule has 7 nitrogen and oxygen atoms in total. The molecule has 0 bridgehead atoms. The van der Waals surface area contributed by atoms with E-state index in [1.165, 1.54) is 17.5 Å². The molecule has 0 radical (unpaired) electrons. The molecule has 0 amide bonds. The van der Waals surface area contributed by atoms with Gasteiger partial charge in [-0.25, -0.2) is 9.97 Å². The van der Waals surface area contributed by atoms with Crippen molar-refractivity contribution in [1.82, 2.24) is 9.97 Å². The summed E-state index contributed by atoms with van der Waals surface area (Å²) in [6.07, 6.45) is 6.34. The first-order valence-electron chi connectivity index (χ1n) is 8.10. The van der Waals surface area contributed by atoms with E-state index in [1.807, 2.05) is 25.1 Å². The minimum Gasteiger partial charge on any atom is -0.481 e. The summed E-state index contributed by atoms with van der Waals surface area (Å²) in [6, 6.07) is 5.45. The lowest BCUT2D eigenvalue weighted by Gasteiger charge is -2.07. The van der Waals surface area contributed by atoms with Crippen LogP contribution >= 0.6 is 11.3 Å². The summed E-state index contributed by atoms with van der Waals surface area (Å²) in [7, 11) is 0. The largest absolute Gasteiger partial charge is 0.481 e. The van der Waals surface area contributed by atoms with Crippen LogP contribution in [-0.4, -0.2) is 26.8 Å². The van der Waals surface area contributed by atoms with Gasteiger partial charge in [0.2, 0.25) is 0 Å². The molecule has 0 spiro atoms. The van der Waals surface area contributed by atoms with Gasteiger partial charge in [-0.3, -0.25) is 9.59 Å². The van der Waals surface area contributed by atoms with Crippen LogP contribution in [0.2, 0.25) is 0 Å². The summed E-state index contributed by atoms with van der Waals surface area (Å²) in [5, 5.41) is 12.1. The Morgan fingerprint density at radius 1 is 1.37 bits per heavy atom. The van der Waals surface area contributed by atoms with Crippen LogP contribution in [0, 0.1) is 0 Å². The van der Waals surface area contributed by atoms with Gasteiger partial charge in [-0.05, 0) is 43.0 Å². The maximum Gasteiger partial charge on any atom is 0.303 e. The molecule has 140 valence electrons. The number of nitrogens with one attached hydrogen (secondary N) is 1. The number of thiazole rings is 1. The molecular formula is C19H20N4O3S. The molecule has 27 heavy (non-hydrogen) atoms. The Bertz CT molecular complexity index is 915. The number of anilines is 1. The molecule has 0 atom stereocenters. The number of pyridine rings is 1. The molecule has 2 rings (SSSR count). The number of rotatable bonds is 9. The van der Waals surface area contributed by atoms with Crippen molar-refractivity contribution in [3.05, 3.63) is 65.6 Å². The van der Waals surface area contributed by atoms with Crippen molar-refractivity contribution in [3.8, 4) is 10.6 Å². The maximum atomic E-state index is 12.0. The normalized spacial score (nSPS) is 11.5. The minimum absolute atomic E-state index is 0.0694. The Hall–Kier alpha value is -3.26. The maximum absolute atomic E-state index is 12.0. The summed E-state index contributed by atoms with van der Waals surface area (Å²) in [6.45, 7) is 5.84. The van der Waals surface area contributed by atoms with Crippen molar-refractivity contribution in [2.24, 2.45) is 5.73 Å². The van der Waals surface area contributed by atoms with Crippen molar-refractivity contribution in [2.75, 3.05) is 5.32 Å². The smallest absolute Gasteiger partial charge is 0.303 e. The number of carboxylic acid groups (broad SMARTS) is 1. The van der Waals surface area contributed by atoms with Gasteiger partial charge in [0.15, 0.2) is 10.8 Å². The third-order valence-electron chi connectivity index (χ3n) is 3.36. The first-order chi connectivity index (χ1) is 12.9. The zero-order valence-corrected chi connectivity index (χ0v) is 15.6. The van der Waals surface area contributed by atoms with Crippen LogP contribution in [0.15, 0.2) is 60.6 Å². The Morgan fingerprint density at radius 3 is 2.85 bits per heavy atom. The molecule has 0 aliphatic heterocycles. The van der Waals surface area contributed by atoms with Crippen molar-refractivity contribution in [3.63, 3.8) is 0 Å². The van der Waals surface area contributed by atoms with Gasteiger partial charge in [-0.2, -0.15) is 0 Å². The first kappa shape index (κ1) is 20.1. The first-order valence-corrected chi connectivity index (χ1v) is 8.91. The molecule has 8 heteroatoms. The molecule has 4 N–H and O–H groups in total. The van der Waals surface area contributed by atoms with Crippen LogP contribution in [0.25, 0.3) is 10.6 Å². The zero-order chi connectivity index (χ0) is 19.8. The molecule has 2 aromatic heterocycles. The molecule has 0 saturated carbocycles. The summed E-state index contributed by atoms with van der Waals surface area (Å²) in [5.74, 6) is -0.692. The number of hydrogen-bond acceptors (Lipinski definition) is 7. The van der Waals surface area contributed by atoms with E-state index in [9.17, 15) is 9.59 Å². The van der Waals surface area contributed by atoms with Crippen molar-refractivity contribution >= 4 is 28.9 Å². The molecular weight excluding hydrogens is 364 g/mol. The minimum atomic E-state index is -1.01. The topological polar surface area (TPSA) is 118 Å². The Morgan fingerprint density at radius 2 is 2.15 bits per heavy atom. The number of carboxylic acids is 1. The molecule has 0 aliphatic carbocycles. The standard InChI is InChI=1S/C19H20N4O3S/c1-12(8-9-20)10-13(2)22-17-5-3-4-14(23-17)16-11-21-19(27-16)15(24)6-7-18(25)26/h3-5,8-11H,2,6-7,20H2,1H3,(H,22,23)(H,25,26)/b9-8-,12-10-. The number of allylic oxidation sites excluding steroid dienone is 3. The fraction of sp³-hybridized carbons (Fsp3) is 0.158. The van der Waals surface area contributed by atoms with Gasteiger partial charge in [0.1, 0.15) is 5.82 Å². The van der Waals surface area contributed by atoms with Crippen LogP contribution in [0.4, 0.5) is 5.82 Å². The number of nitrogens with zero attached hydrogens (tertiary/aromatic N) is 2. The predicted octanol–water partition coefficient (Wildman–Crippen LogP) is 3.60. The van der Waals surface area contributed by atoms with E-state index in [1.54, 1.807) is 18.3 Å². The van der Waals surface area contributed by atoms with E-state index in [0.717, 1.165) is 10.5 Å². The highest BCUT2D eigenvalue weighted by Crippen LogP contribution is 2.26. The predicted molar refractivity (Wildman–Crippen MR) is 106 cm³/mol. The van der Waals surface area contributed by atoms with E-state index < -0.39 is 5.97 Å². The highest BCUT2D eigenvalue weighted by atomic mass is 32.1. The molecule has 2 heterocycles. The lowest BCUT2D eigenvalue weighted by Crippen LogP contribution is -2.02. The molecule has 2 aromatic rings. The zero-order valence-electron chi connectivity index (χ0n) is 14.8. The molecule has 0 saturated heterocycles. The summed E-state index contributed by atoms with van der Waals surface area (Å²) in [5.41, 5.74) is 7.61. The lowest BCUT2D eigenvalue weighted by atomic mass is 10.2. The van der Waals surface area contributed by atoms with E-state index in [2.05, 4.69) is 21.9 Å². The molecule has 0 aromatic carbocycles.